The number of benzene rings is 1. The van der Waals surface area contributed by atoms with Crippen molar-refractivity contribution in [3.8, 4) is 0 Å². The minimum atomic E-state index is -4.69. The van der Waals surface area contributed by atoms with E-state index in [2.05, 4.69) is 4.98 Å². The molecule has 1 aromatic heterocycles. The number of aromatic nitrogens is 1. The summed E-state index contributed by atoms with van der Waals surface area (Å²) >= 11 is 0. The first kappa shape index (κ1) is 19.8. The van der Waals surface area contributed by atoms with Crippen molar-refractivity contribution >= 4 is 11.6 Å². The molecular weight excluding hydrogens is 388 g/mol. The van der Waals surface area contributed by atoms with Gasteiger partial charge in [-0.05, 0) is 37.3 Å². The van der Waals surface area contributed by atoms with Gasteiger partial charge in [0.25, 0.3) is 0 Å². The maximum Gasteiger partial charge on any atom is 0.417 e. The Morgan fingerprint density at radius 1 is 0.821 bits per heavy atom. The van der Waals surface area contributed by atoms with Crippen molar-refractivity contribution in [2.75, 3.05) is 0 Å². The molecule has 1 aliphatic carbocycles. The van der Waals surface area contributed by atoms with Crippen LogP contribution in [0.15, 0.2) is 47.7 Å². The summed E-state index contributed by atoms with van der Waals surface area (Å²) in [6, 6.07) is 4.13. The van der Waals surface area contributed by atoms with Crippen LogP contribution in [-0.4, -0.2) is 16.6 Å². The lowest BCUT2D eigenvalue weighted by Gasteiger charge is -2.20. The quantitative estimate of drug-likeness (QED) is 0.664. The molecule has 1 aromatic carbocycles. The number of carbonyl (C=O) groups is 2. The maximum atomic E-state index is 12.9. The van der Waals surface area contributed by atoms with Crippen molar-refractivity contribution in [3.05, 3.63) is 75.6 Å². The van der Waals surface area contributed by atoms with Gasteiger partial charge in [-0.2, -0.15) is 26.3 Å². The van der Waals surface area contributed by atoms with E-state index in [9.17, 15) is 35.9 Å². The number of hydrogen-bond donors (Lipinski definition) is 0. The molecule has 0 radical (unpaired) electrons. The second-order valence-electron chi connectivity index (χ2n) is 6.23. The molecule has 0 spiro atoms. The van der Waals surface area contributed by atoms with Crippen molar-refractivity contribution in [1.29, 1.82) is 0 Å². The van der Waals surface area contributed by atoms with Gasteiger partial charge in [0, 0.05) is 40.6 Å². The van der Waals surface area contributed by atoms with Gasteiger partial charge in [-0.1, -0.05) is 0 Å². The van der Waals surface area contributed by atoms with E-state index < -0.39 is 35.0 Å². The molecule has 1 heterocycles. The molecule has 0 unspecified atom stereocenters. The molecule has 28 heavy (non-hydrogen) atoms. The lowest BCUT2D eigenvalue weighted by molar-refractivity contribution is -0.138. The average molecular weight is 399 g/mol. The van der Waals surface area contributed by atoms with E-state index in [1.54, 1.807) is 0 Å². The van der Waals surface area contributed by atoms with Crippen LogP contribution in [-0.2, 0) is 18.8 Å². The van der Waals surface area contributed by atoms with E-state index >= 15 is 0 Å². The van der Waals surface area contributed by atoms with Crippen molar-refractivity contribution in [3.63, 3.8) is 0 Å². The van der Waals surface area contributed by atoms with Crippen molar-refractivity contribution in [1.82, 2.24) is 4.98 Å². The first-order chi connectivity index (χ1) is 12.9. The summed E-state index contributed by atoms with van der Waals surface area (Å²) in [4.78, 5) is 28.8. The number of ketones is 2. The number of pyridine rings is 1. The minimum Gasteiger partial charge on any atom is -0.289 e. The van der Waals surface area contributed by atoms with Crippen LogP contribution in [0.25, 0.3) is 0 Å². The number of halogens is 6. The Morgan fingerprint density at radius 3 is 1.96 bits per heavy atom. The minimum absolute atomic E-state index is 0.0268. The molecule has 0 aliphatic heterocycles. The zero-order chi connectivity index (χ0) is 20.9. The zero-order valence-corrected chi connectivity index (χ0v) is 14.2. The van der Waals surface area contributed by atoms with Crippen LogP contribution < -0.4 is 0 Å². The Hall–Kier alpha value is -2.97. The largest absolute Gasteiger partial charge is 0.417 e. The maximum absolute atomic E-state index is 12.9. The molecule has 0 saturated carbocycles. The highest BCUT2D eigenvalue weighted by molar-refractivity contribution is 6.26. The van der Waals surface area contributed by atoms with E-state index in [1.807, 2.05) is 0 Å². The van der Waals surface area contributed by atoms with Gasteiger partial charge in [0.2, 0.25) is 0 Å². The monoisotopic (exact) mass is 399 g/mol. The summed E-state index contributed by atoms with van der Waals surface area (Å²) in [5, 5.41) is 0. The number of rotatable bonds is 2. The number of hydrogen-bond acceptors (Lipinski definition) is 3. The average Bonchev–Trinajstić information content (AvgIpc) is 2.62. The Bertz CT molecular complexity index is 1000. The molecule has 1 aliphatic rings. The molecule has 0 amide bonds. The van der Waals surface area contributed by atoms with Crippen LogP contribution in [0.5, 0.6) is 0 Å². The summed E-state index contributed by atoms with van der Waals surface area (Å²) in [6.45, 7) is 1.35. The fourth-order valence-corrected chi connectivity index (χ4v) is 2.87. The number of nitrogens with zero attached hydrogens (tertiary/aromatic N) is 1. The fraction of sp³-hybridized carbons (Fsp3) is 0.211. The molecule has 0 bridgehead atoms. The predicted molar refractivity (Wildman–Crippen MR) is 85.7 cm³/mol. The van der Waals surface area contributed by atoms with Crippen molar-refractivity contribution < 1.29 is 35.9 Å². The van der Waals surface area contributed by atoms with Crippen LogP contribution in [0.2, 0.25) is 0 Å². The lowest BCUT2D eigenvalue weighted by atomic mass is 9.82. The van der Waals surface area contributed by atoms with Gasteiger partial charge in [0.1, 0.15) is 0 Å². The second-order valence-corrected chi connectivity index (χ2v) is 6.23. The predicted octanol–water partition coefficient (Wildman–Crippen LogP) is 5.06. The van der Waals surface area contributed by atoms with Gasteiger partial charge in [-0.25, -0.2) is 0 Å². The van der Waals surface area contributed by atoms with Gasteiger partial charge in [-0.15, -0.1) is 0 Å². The van der Waals surface area contributed by atoms with Crippen LogP contribution in [0.1, 0.15) is 44.5 Å². The van der Waals surface area contributed by atoms with Gasteiger partial charge >= 0.3 is 12.4 Å². The number of Topliss-reactive ketones (excluding diaryl/α,β-unsaturated/α-hetero) is 2. The number of allylic oxidation sites excluding steroid dienone is 2. The second kappa shape index (κ2) is 6.57. The third-order valence-corrected chi connectivity index (χ3v) is 4.41. The molecule has 3 nitrogen and oxygen atoms in total. The van der Waals surface area contributed by atoms with Gasteiger partial charge in [-0.3, -0.25) is 14.6 Å². The summed E-state index contributed by atoms with van der Waals surface area (Å²) in [5.41, 5.74) is -2.55. The number of carbonyl (C=O) groups excluding carboxylic acids is 2. The smallest absolute Gasteiger partial charge is 0.289 e. The third kappa shape index (κ3) is 3.56. The molecule has 9 heteroatoms. The summed E-state index contributed by atoms with van der Waals surface area (Å²) < 4.78 is 76.6. The normalized spacial score (nSPS) is 15.1. The van der Waals surface area contributed by atoms with E-state index in [-0.39, 0.29) is 34.4 Å². The highest BCUT2D eigenvalue weighted by atomic mass is 19.4. The summed E-state index contributed by atoms with van der Waals surface area (Å²) in [6.07, 6.45) is -8.95. The Morgan fingerprint density at radius 2 is 1.43 bits per heavy atom. The van der Waals surface area contributed by atoms with Gasteiger partial charge < -0.3 is 0 Å². The zero-order valence-electron chi connectivity index (χ0n) is 14.2. The van der Waals surface area contributed by atoms with Crippen LogP contribution in [0, 0.1) is 0 Å². The highest BCUT2D eigenvalue weighted by Gasteiger charge is 2.36. The van der Waals surface area contributed by atoms with Gasteiger partial charge in [0.05, 0.1) is 11.1 Å². The van der Waals surface area contributed by atoms with Crippen LogP contribution in [0.3, 0.4) is 0 Å². The summed E-state index contributed by atoms with van der Waals surface area (Å²) in [7, 11) is 0. The van der Waals surface area contributed by atoms with Crippen LogP contribution in [0.4, 0.5) is 26.3 Å². The first-order valence-corrected chi connectivity index (χ1v) is 7.92. The molecule has 0 atom stereocenters. The molecule has 3 rings (SSSR count). The van der Waals surface area contributed by atoms with E-state index in [0.717, 1.165) is 24.3 Å². The highest BCUT2D eigenvalue weighted by Crippen LogP contribution is 2.35. The van der Waals surface area contributed by atoms with Gasteiger partial charge in [0.15, 0.2) is 11.6 Å². The molecule has 0 N–H and O–H groups in total. The van der Waals surface area contributed by atoms with E-state index in [0.29, 0.717) is 12.3 Å². The molecule has 0 saturated heterocycles. The topological polar surface area (TPSA) is 47.0 Å². The SMILES string of the molecule is CC1=C(Cc2ccc(C(F)(F)F)cn2)C(=O)c2cc(C(F)(F)F)ccc2C1=O. The first-order valence-electron chi connectivity index (χ1n) is 7.92. The van der Waals surface area contributed by atoms with Crippen molar-refractivity contribution in [2.45, 2.75) is 25.7 Å². The summed E-state index contributed by atoms with van der Waals surface area (Å²) in [5.74, 6) is -1.38. The standard InChI is InChI=1S/C19H11F6NO2/c1-9-14(7-12-4-2-11(8-26-12)19(23,24)25)17(28)15-6-10(18(20,21)22)3-5-13(15)16(9)27/h2-6,8H,7H2,1H3. The fourth-order valence-electron chi connectivity index (χ4n) is 2.87. The Kier molecular flexibility index (Phi) is 4.64. The molecule has 0 fully saturated rings. The van der Waals surface area contributed by atoms with Crippen LogP contribution >= 0.6 is 0 Å². The number of alkyl halides is 6. The van der Waals surface area contributed by atoms with Crippen molar-refractivity contribution in [2.24, 2.45) is 0 Å². The number of fused-ring (bicyclic) bond motifs is 1. The van der Waals surface area contributed by atoms with E-state index in [4.69, 9.17) is 0 Å². The molecule has 2 aromatic rings. The lowest BCUT2D eigenvalue weighted by Crippen LogP contribution is -2.23. The Labute approximate surface area is 154 Å². The molecular formula is C19H11F6NO2. The third-order valence-electron chi connectivity index (χ3n) is 4.41. The van der Waals surface area contributed by atoms with E-state index in [1.165, 1.54) is 6.92 Å². The molecule has 146 valence electrons. The Balaban J connectivity index is 1.98.